The first-order chi connectivity index (χ1) is 6.07. The van der Waals surface area contributed by atoms with Crippen LogP contribution in [0.3, 0.4) is 0 Å². The second kappa shape index (κ2) is 2.94. The third-order valence-electron chi connectivity index (χ3n) is 1.87. The zero-order chi connectivity index (χ0) is 9.47. The van der Waals surface area contributed by atoms with Gasteiger partial charge in [-0.1, -0.05) is 0 Å². The summed E-state index contributed by atoms with van der Waals surface area (Å²) in [4.78, 5) is 22.8. The fourth-order valence-corrected chi connectivity index (χ4v) is 3.83. The number of fused-ring (bicyclic) bond motifs is 1. The molecule has 1 N–H and O–H groups in total. The summed E-state index contributed by atoms with van der Waals surface area (Å²) in [5.41, 5.74) is 1.74. The Morgan fingerprint density at radius 1 is 1.31 bits per heavy atom. The van der Waals surface area contributed by atoms with Gasteiger partial charge in [-0.05, 0) is 0 Å². The minimum atomic E-state index is -2.06. The summed E-state index contributed by atoms with van der Waals surface area (Å²) in [7, 11) is 0. The van der Waals surface area contributed by atoms with Crippen LogP contribution in [0.25, 0.3) is 11.2 Å². The summed E-state index contributed by atoms with van der Waals surface area (Å²) in [6.45, 7) is 0. The van der Waals surface area contributed by atoms with Crippen LogP contribution in [0.1, 0.15) is 0 Å². The zero-order valence-corrected chi connectivity index (χ0v) is 10.9. The molecule has 0 aliphatic rings. The van der Waals surface area contributed by atoms with Gasteiger partial charge in [-0.2, -0.15) is 0 Å². The second-order valence-electron chi connectivity index (χ2n) is 4.09. The average molecular weight is 283 g/mol. The third-order valence-corrected chi connectivity index (χ3v) is 6.60. The van der Waals surface area contributed by atoms with Crippen molar-refractivity contribution >= 4 is 33.4 Å². The maximum atomic E-state index is 4.50. The Kier molecular flexibility index (Phi) is 2.02. The van der Waals surface area contributed by atoms with Gasteiger partial charge in [-0.25, -0.2) is 0 Å². The quantitative estimate of drug-likeness (QED) is 0.791. The molecule has 0 bridgehead atoms. The van der Waals surface area contributed by atoms with Gasteiger partial charge in [-0.15, -0.1) is 0 Å². The summed E-state index contributed by atoms with van der Waals surface area (Å²) < 4.78 is 1.16. The molecule has 2 aromatic heterocycles. The minimum absolute atomic E-state index is 0.858. The Bertz CT molecular complexity index is 396. The number of aromatic amines is 1. The first kappa shape index (κ1) is 8.93. The molecular weight excluding hydrogens is 271 g/mol. The molecule has 0 aromatic carbocycles. The summed E-state index contributed by atoms with van der Waals surface area (Å²) in [5, 5.41) is 0. The monoisotopic (exact) mass is 284 g/mol. The molecule has 0 atom stereocenters. The molecule has 0 amide bonds. The first-order valence-electron chi connectivity index (χ1n) is 4.23. The van der Waals surface area contributed by atoms with Gasteiger partial charge in [0, 0.05) is 0 Å². The number of rotatable bonds is 1. The van der Waals surface area contributed by atoms with Crippen LogP contribution in [0.2, 0.25) is 14.8 Å². The van der Waals surface area contributed by atoms with Crippen molar-refractivity contribution in [3.63, 3.8) is 0 Å². The molecule has 0 saturated carbocycles. The van der Waals surface area contributed by atoms with E-state index in [1.165, 1.54) is 0 Å². The van der Waals surface area contributed by atoms with Gasteiger partial charge in [0.1, 0.15) is 0 Å². The normalized spacial score (nSPS) is 12.2. The van der Waals surface area contributed by atoms with Crippen LogP contribution in [0, 0.1) is 0 Å². The molecule has 5 heteroatoms. The van der Waals surface area contributed by atoms with Crippen molar-refractivity contribution in [1.82, 2.24) is 19.9 Å². The standard InChI is InChI=1S/C5H3N4.3CH3.Sn/c1-4-5(8-2-6-1)9-3-7-4;;;;/h1-2H,(H,6,7,8,9);3*1H3;. The molecule has 2 heterocycles. The van der Waals surface area contributed by atoms with E-state index in [1.807, 2.05) is 0 Å². The molecule has 0 saturated heterocycles. The Morgan fingerprint density at radius 2 is 2.08 bits per heavy atom. The summed E-state index contributed by atoms with van der Waals surface area (Å²) >= 11 is -2.06. The first-order valence-corrected chi connectivity index (χ1v) is 14.2. The fourth-order valence-electron chi connectivity index (χ4n) is 1.12. The van der Waals surface area contributed by atoms with E-state index in [4.69, 9.17) is 0 Å². The van der Waals surface area contributed by atoms with Crippen LogP contribution in [0.4, 0.5) is 0 Å². The Morgan fingerprint density at radius 3 is 2.69 bits per heavy atom. The molecule has 2 rings (SSSR count). The molecule has 0 aliphatic heterocycles. The number of aromatic nitrogens is 4. The molecular formula is C8H12N4Sn. The van der Waals surface area contributed by atoms with Gasteiger partial charge in [0.25, 0.3) is 0 Å². The van der Waals surface area contributed by atoms with E-state index in [-0.39, 0.29) is 0 Å². The summed E-state index contributed by atoms with van der Waals surface area (Å²) in [6.07, 6.45) is 3.29. The topological polar surface area (TPSA) is 54.5 Å². The predicted octanol–water partition coefficient (Wildman–Crippen LogP) is 0.898. The van der Waals surface area contributed by atoms with Crippen LogP contribution in [-0.2, 0) is 0 Å². The van der Waals surface area contributed by atoms with Crippen molar-refractivity contribution in [1.29, 1.82) is 0 Å². The second-order valence-corrected chi connectivity index (χ2v) is 18.3. The summed E-state index contributed by atoms with van der Waals surface area (Å²) in [6, 6.07) is 0. The molecule has 0 spiro atoms. The molecule has 68 valence electrons. The maximum absolute atomic E-state index is 4.50. The van der Waals surface area contributed by atoms with Gasteiger partial charge in [-0.3, -0.25) is 0 Å². The molecule has 0 fully saturated rings. The Hall–Kier alpha value is -0.651. The number of nitrogens with zero attached hydrogens (tertiary/aromatic N) is 3. The third kappa shape index (κ3) is 1.67. The molecule has 2 aromatic rings. The van der Waals surface area contributed by atoms with Crippen LogP contribution in [-0.4, -0.2) is 38.3 Å². The van der Waals surface area contributed by atoms with Crippen molar-refractivity contribution in [2.45, 2.75) is 14.8 Å². The van der Waals surface area contributed by atoms with E-state index in [0.717, 1.165) is 15.0 Å². The number of hydrogen-bond donors (Lipinski definition) is 1. The Labute approximate surface area is 80.7 Å². The molecule has 0 radical (unpaired) electrons. The van der Waals surface area contributed by atoms with Gasteiger partial charge >= 0.3 is 80.7 Å². The molecule has 4 nitrogen and oxygen atoms in total. The molecule has 0 unspecified atom stereocenters. The zero-order valence-electron chi connectivity index (χ0n) is 8.00. The van der Waals surface area contributed by atoms with Crippen LogP contribution in [0.5, 0.6) is 0 Å². The number of H-pyrrole nitrogens is 1. The predicted molar refractivity (Wildman–Crippen MR) is 54.7 cm³/mol. The van der Waals surface area contributed by atoms with E-state index >= 15 is 0 Å². The van der Waals surface area contributed by atoms with Gasteiger partial charge in [0.2, 0.25) is 0 Å². The summed E-state index contributed by atoms with van der Waals surface area (Å²) in [5.74, 6) is 0. The van der Waals surface area contributed by atoms with Crippen molar-refractivity contribution in [3.05, 3.63) is 12.5 Å². The molecule has 0 aliphatic carbocycles. The van der Waals surface area contributed by atoms with E-state index in [9.17, 15) is 0 Å². The number of imidazole rings is 1. The Balaban J connectivity index is 2.63. The van der Waals surface area contributed by atoms with E-state index in [1.54, 1.807) is 12.5 Å². The van der Waals surface area contributed by atoms with Crippen LogP contribution >= 0.6 is 0 Å². The SMILES string of the molecule is [CH3][Sn]([CH3])([CH3])[c]1nc2cncnc2[nH]1. The number of nitrogens with one attached hydrogen (secondary N) is 1. The van der Waals surface area contributed by atoms with Crippen molar-refractivity contribution in [2.24, 2.45) is 0 Å². The van der Waals surface area contributed by atoms with Crippen molar-refractivity contribution < 1.29 is 0 Å². The van der Waals surface area contributed by atoms with Crippen molar-refractivity contribution in [2.75, 3.05) is 0 Å². The van der Waals surface area contributed by atoms with Crippen LogP contribution in [0.15, 0.2) is 12.5 Å². The van der Waals surface area contributed by atoms with Gasteiger partial charge in [0.15, 0.2) is 0 Å². The van der Waals surface area contributed by atoms with Crippen molar-refractivity contribution in [3.8, 4) is 0 Å². The fraction of sp³-hybridized carbons (Fsp3) is 0.375. The van der Waals surface area contributed by atoms with E-state index in [2.05, 4.69) is 34.8 Å². The van der Waals surface area contributed by atoms with Gasteiger partial charge in [0.05, 0.1) is 0 Å². The molecule has 13 heavy (non-hydrogen) atoms. The van der Waals surface area contributed by atoms with Crippen LogP contribution < -0.4 is 3.84 Å². The van der Waals surface area contributed by atoms with Gasteiger partial charge < -0.3 is 0 Å². The van der Waals surface area contributed by atoms with E-state index in [0.29, 0.717) is 0 Å². The number of hydrogen-bond acceptors (Lipinski definition) is 3. The average Bonchev–Trinajstić information content (AvgIpc) is 2.45. The van der Waals surface area contributed by atoms with E-state index < -0.39 is 18.4 Å².